The second-order valence-corrected chi connectivity index (χ2v) is 11.6. The Morgan fingerprint density at radius 3 is 2.48 bits per heavy atom. The van der Waals surface area contributed by atoms with Crippen molar-refractivity contribution in [1.29, 1.82) is 5.26 Å². The Bertz CT molecular complexity index is 1550. The molecule has 206 valence electrons. The molecule has 2 aromatic carbocycles. The van der Waals surface area contributed by atoms with E-state index < -0.39 is 40.6 Å². The largest absolute Gasteiger partial charge is 0.481 e. The highest BCUT2D eigenvalue weighted by Crippen LogP contribution is 2.71. The molecule has 2 aliphatic heterocycles. The molecule has 3 heterocycles. The molecule has 4 aliphatic rings. The molecule has 6 atom stereocenters. The van der Waals surface area contributed by atoms with E-state index >= 15 is 0 Å². The van der Waals surface area contributed by atoms with Crippen LogP contribution in [0.1, 0.15) is 41.0 Å². The van der Waals surface area contributed by atoms with Crippen molar-refractivity contribution in [1.82, 2.24) is 9.88 Å². The minimum atomic E-state index is -2.78. The fraction of sp³-hybridized carbons (Fsp3) is 0.400. The van der Waals surface area contributed by atoms with Gasteiger partial charge in [0.2, 0.25) is 5.88 Å². The van der Waals surface area contributed by atoms with Gasteiger partial charge >= 0.3 is 0 Å². The van der Waals surface area contributed by atoms with Gasteiger partial charge in [-0.2, -0.15) is 5.26 Å². The Hall–Kier alpha value is -3.29. The molecule has 1 spiro atoms. The Morgan fingerprint density at radius 1 is 1.20 bits per heavy atom. The predicted molar refractivity (Wildman–Crippen MR) is 140 cm³/mol. The highest BCUT2D eigenvalue weighted by Gasteiger charge is 2.80. The first-order valence-corrected chi connectivity index (χ1v) is 13.5. The molecule has 0 bridgehead atoms. The monoisotopic (exact) mass is 565 g/mol. The first-order valence-electron chi connectivity index (χ1n) is 13.2. The first-order chi connectivity index (χ1) is 19.1. The smallest absolute Gasteiger partial charge is 0.268 e. The molecule has 2 N–H and O–H groups in total. The number of hydrogen-bond donors (Lipinski definition) is 2. The van der Waals surface area contributed by atoms with Crippen LogP contribution in [0.3, 0.4) is 0 Å². The van der Waals surface area contributed by atoms with Crippen LogP contribution in [0.25, 0.3) is 0 Å². The summed E-state index contributed by atoms with van der Waals surface area (Å²) in [5.41, 5.74) is -3.10. The maximum atomic E-state index is 14.5. The number of halogens is 3. The number of aliphatic hydroxyl groups is 2. The molecule has 2 aliphatic carbocycles. The van der Waals surface area contributed by atoms with Crippen molar-refractivity contribution in [2.45, 2.75) is 47.5 Å². The number of methoxy groups -OCH3 is 1. The van der Waals surface area contributed by atoms with Crippen molar-refractivity contribution in [3.8, 4) is 17.7 Å². The lowest BCUT2D eigenvalue weighted by atomic mass is 9.70. The maximum absolute atomic E-state index is 14.5. The van der Waals surface area contributed by atoms with E-state index in [1.807, 2.05) is 30.3 Å². The van der Waals surface area contributed by atoms with Crippen LogP contribution in [0.15, 0.2) is 60.7 Å². The molecule has 7 nitrogen and oxygen atoms in total. The third-order valence-electron chi connectivity index (χ3n) is 9.53. The van der Waals surface area contributed by atoms with Gasteiger partial charge in [0.15, 0.2) is 11.2 Å². The number of nitriles is 1. The minimum Gasteiger partial charge on any atom is -0.481 e. The summed E-state index contributed by atoms with van der Waals surface area (Å²) in [5, 5.41) is 34.6. The molecule has 1 aromatic heterocycles. The van der Waals surface area contributed by atoms with Crippen LogP contribution in [0.5, 0.6) is 11.6 Å². The molecule has 2 saturated carbocycles. The maximum Gasteiger partial charge on any atom is 0.268 e. The summed E-state index contributed by atoms with van der Waals surface area (Å²) in [5.74, 6) is -3.98. The number of rotatable bonds is 5. The Kier molecular flexibility index (Phi) is 5.37. The fourth-order valence-corrected chi connectivity index (χ4v) is 7.72. The molecular weight excluding hydrogens is 540 g/mol. The lowest BCUT2D eigenvalue weighted by Gasteiger charge is -2.45. The number of ether oxygens (including phenoxy) is 2. The quantitative estimate of drug-likeness (QED) is 0.444. The fourth-order valence-electron chi connectivity index (χ4n) is 7.54. The van der Waals surface area contributed by atoms with E-state index in [2.05, 4.69) is 11.1 Å². The average molecular weight is 566 g/mol. The van der Waals surface area contributed by atoms with Crippen molar-refractivity contribution >= 4 is 11.6 Å². The van der Waals surface area contributed by atoms with E-state index in [0.717, 1.165) is 5.56 Å². The summed E-state index contributed by atoms with van der Waals surface area (Å²) in [6, 6.07) is 19.5. The standard InChI is InChI=1S/C30H26ClF2N3O4/c1-39-26-24-21(13-22(31)35-26)40-30(19-9-7-17(14-34)8-10-19)23(18-5-3-2-4-6-18)20(25(37)29(24,30)38)15-36-12-11-27(36)16-28(27,32)33/h2-10,13,20,23,25,37-38H,11-12,15-16H2,1H3/t20-,23-,25-,27?,29+,30+/m1/s1. The lowest BCUT2D eigenvalue weighted by molar-refractivity contribution is -0.153. The number of aliphatic hydroxyl groups excluding tert-OH is 1. The highest BCUT2D eigenvalue weighted by molar-refractivity contribution is 6.29. The number of pyridine rings is 1. The second kappa shape index (κ2) is 8.37. The zero-order valence-electron chi connectivity index (χ0n) is 21.5. The van der Waals surface area contributed by atoms with Crippen LogP contribution in [0, 0.1) is 17.2 Å². The molecule has 0 radical (unpaired) electrons. The highest BCUT2D eigenvalue weighted by atomic mass is 35.5. The lowest BCUT2D eigenvalue weighted by Crippen LogP contribution is -2.56. The van der Waals surface area contributed by atoms with Gasteiger partial charge in [-0.1, -0.05) is 54.1 Å². The molecule has 1 saturated heterocycles. The van der Waals surface area contributed by atoms with Gasteiger partial charge in [-0.05, 0) is 29.7 Å². The van der Waals surface area contributed by atoms with Gasteiger partial charge < -0.3 is 19.7 Å². The topological polar surface area (TPSA) is 98.8 Å². The molecule has 3 fully saturated rings. The number of fused-ring (bicyclic) bond motifs is 3. The minimum absolute atomic E-state index is 0.00109. The zero-order chi connectivity index (χ0) is 28.1. The van der Waals surface area contributed by atoms with E-state index in [9.17, 15) is 24.3 Å². The summed E-state index contributed by atoms with van der Waals surface area (Å²) in [6.07, 6.45) is -1.28. The zero-order valence-corrected chi connectivity index (χ0v) is 22.3. The van der Waals surface area contributed by atoms with Gasteiger partial charge in [0.25, 0.3) is 5.92 Å². The van der Waals surface area contributed by atoms with E-state index in [0.29, 0.717) is 24.1 Å². The summed E-state index contributed by atoms with van der Waals surface area (Å²) in [7, 11) is 1.39. The van der Waals surface area contributed by atoms with Crippen LogP contribution in [0.4, 0.5) is 8.78 Å². The SMILES string of the molecule is COc1nc(Cl)cc2c1[C@]1(O)[C@H](O)[C@H](CN3CCC34CC4(F)F)[C@@H](c3ccccc3)[C@]1(c1ccc(C#N)cc1)O2. The molecule has 10 heteroatoms. The van der Waals surface area contributed by atoms with E-state index in [-0.39, 0.29) is 35.3 Å². The molecule has 40 heavy (non-hydrogen) atoms. The van der Waals surface area contributed by atoms with Gasteiger partial charge in [-0.25, -0.2) is 13.8 Å². The average Bonchev–Trinajstić information content (AvgIpc) is 3.40. The van der Waals surface area contributed by atoms with Crippen molar-refractivity contribution in [2.75, 3.05) is 20.2 Å². The summed E-state index contributed by atoms with van der Waals surface area (Å²) in [6.45, 7) is 0.596. The van der Waals surface area contributed by atoms with Crippen LogP contribution >= 0.6 is 11.6 Å². The summed E-state index contributed by atoms with van der Waals surface area (Å²) in [4.78, 5) is 6.00. The van der Waals surface area contributed by atoms with Crippen LogP contribution in [0.2, 0.25) is 5.15 Å². The van der Waals surface area contributed by atoms with Crippen LogP contribution in [-0.4, -0.2) is 57.9 Å². The third-order valence-corrected chi connectivity index (χ3v) is 9.73. The first kappa shape index (κ1) is 25.7. The third kappa shape index (κ3) is 3.05. The summed E-state index contributed by atoms with van der Waals surface area (Å²) < 4.78 is 41.3. The van der Waals surface area contributed by atoms with Crippen molar-refractivity contribution in [3.63, 3.8) is 0 Å². The normalized spacial score (nSPS) is 34.9. The molecule has 7 rings (SSSR count). The van der Waals surface area contributed by atoms with E-state index in [1.54, 1.807) is 29.2 Å². The Balaban J connectivity index is 1.47. The Morgan fingerprint density at radius 2 is 1.90 bits per heavy atom. The summed E-state index contributed by atoms with van der Waals surface area (Å²) >= 11 is 6.29. The predicted octanol–water partition coefficient (Wildman–Crippen LogP) is 4.35. The second-order valence-electron chi connectivity index (χ2n) is 11.2. The van der Waals surface area contributed by atoms with Gasteiger partial charge in [-0.15, -0.1) is 0 Å². The Labute approximate surface area is 234 Å². The molecule has 1 unspecified atom stereocenters. The number of alkyl halides is 2. The number of likely N-dealkylation sites (tertiary alicyclic amines) is 1. The van der Waals surface area contributed by atoms with E-state index in [4.69, 9.17) is 21.1 Å². The number of nitrogens with zero attached hydrogens (tertiary/aromatic N) is 3. The number of aromatic nitrogens is 1. The van der Waals surface area contributed by atoms with E-state index in [1.165, 1.54) is 13.2 Å². The number of hydrogen-bond acceptors (Lipinski definition) is 7. The molecule has 3 aromatic rings. The van der Waals surface area contributed by atoms with Gasteiger partial charge in [0.1, 0.15) is 10.9 Å². The van der Waals surface area contributed by atoms with Gasteiger partial charge in [-0.3, -0.25) is 4.90 Å². The van der Waals surface area contributed by atoms with Crippen molar-refractivity contribution in [3.05, 3.63) is 88.1 Å². The van der Waals surface area contributed by atoms with Crippen LogP contribution < -0.4 is 9.47 Å². The molecular formula is C30H26ClF2N3O4. The molecule has 0 amide bonds. The number of benzene rings is 2. The van der Waals surface area contributed by atoms with Crippen molar-refractivity contribution in [2.24, 2.45) is 5.92 Å². The van der Waals surface area contributed by atoms with Crippen LogP contribution in [-0.2, 0) is 11.2 Å². The van der Waals surface area contributed by atoms with Gasteiger partial charge in [0, 0.05) is 37.4 Å². The van der Waals surface area contributed by atoms with Gasteiger partial charge in [0.05, 0.1) is 35.9 Å². The van der Waals surface area contributed by atoms with Crippen molar-refractivity contribution < 1.29 is 28.5 Å².